The van der Waals surface area contributed by atoms with E-state index in [1.165, 1.54) is 10.6 Å². The number of aromatic nitrogens is 3. The Morgan fingerprint density at radius 1 is 1.04 bits per heavy atom. The van der Waals surface area contributed by atoms with E-state index < -0.39 is 16.1 Å². The van der Waals surface area contributed by atoms with Crippen LogP contribution < -0.4 is 20.1 Å². The highest BCUT2D eigenvalue weighted by Crippen LogP contribution is 2.37. The van der Waals surface area contributed by atoms with Crippen molar-refractivity contribution in [2.45, 2.75) is 45.8 Å². The van der Waals surface area contributed by atoms with Gasteiger partial charge in [0, 0.05) is 9.79 Å². The van der Waals surface area contributed by atoms with E-state index in [4.69, 9.17) is 9.47 Å². The predicted molar refractivity (Wildman–Crippen MR) is 105 cm³/mol. The minimum absolute atomic E-state index is 0.286. The van der Waals surface area contributed by atoms with Crippen molar-refractivity contribution in [2.24, 2.45) is 0 Å². The molecule has 2 heterocycles. The zero-order chi connectivity index (χ0) is 17.7. The fourth-order valence-corrected chi connectivity index (χ4v) is 8.45. The molecule has 130 valence electrons. The van der Waals surface area contributed by atoms with Crippen molar-refractivity contribution in [3.8, 4) is 11.5 Å². The zero-order valence-electron chi connectivity index (χ0n) is 15.1. The van der Waals surface area contributed by atoms with Crippen molar-refractivity contribution in [3.05, 3.63) is 22.2 Å². The topological polar surface area (TPSA) is 49.2 Å². The molecule has 2 aromatic rings. The largest absolute Gasteiger partial charge is 0.454 e. The van der Waals surface area contributed by atoms with E-state index in [2.05, 4.69) is 70.2 Å². The summed E-state index contributed by atoms with van der Waals surface area (Å²) in [4.78, 5) is 0. The maximum Gasteiger partial charge on any atom is 0.231 e. The fraction of sp³-hybridized carbons (Fsp3) is 0.500. The molecule has 1 aliphatic heterocycles. The Balaban J connectivity index is 2.04. The summed E-state index contributed by atoms with van der Waals surface area (Å²) in [6.45, 7) is 15.1. The number of ether oxygens (including phenoxy) is 2. The van der Waals surface area contributed by atoms with E-state index in [0.717, 1.165) is 21.5 Å². The minimum Gasteiger partial charge on any atom is -0.454 e. The Kier molecular flexibility index (Phi) is 4.42. The second-order valence-electron chi connectivity index (χ2n) is 8.24. The van der Waals surface area contributed by atoms with Crippen LogP contribution in [0.4, 0.5) is 0 Å². The third-order valence-electron chi connectivity index (χ3n) is 4.02. The molecule has 1 aromatic heterocycles. The Bertz CT molecular complexity index is 779. The van der Waals surface area contributed by atoms with Crippen molar-refractivity contribution in [3.63, 3.8) is 0 Å². The Hall–Kier alpha value is -1.13. The Morgan fingerprint density at radius 3 is 2.25 bits per heavy atom. The van der Waals surface area contributed by atoms with Gasteiger partial charge in [-0.2, -0.15) is 0 Å². The molecule has 1 aliphatic rings. The molecule has 24 heavy (non-hydrogen) atoms. The lowest BCUT2D eigenvalue weighted by Crippen LogP contribution is -2.58. The molecule has 0 spiro atoms. The number of rotatable bonds is 4. The molecule has 3 rings (SSSR count). The van der Waals surface area contributed by atoms with Crippen LogP contribution in [0.2, 0.25) is 39.3 Å². The lowest BCUT2D eigenvalue weighted by molar-refractivity contribution is 0.174. The van der Waals surface area contributed by atoms with Gasteiger partial charge in [0.2, 0.25) is 6.79 Å². The summed E-state index contributed by atoms with van der Waals surface area (Å²) in [5, 5.41) is 11.7. The first-order valence-electron chi connectivity index (χ1n) is 8.10. The van der Waals surface area contributed by atoms with Crippen molar-refractivity contribution < 1.29 is 9.47 Å². The van der Waals surface area contributed by atoms with Gasteiger partial charge in [-0.3, -0.25) is 0 Å². The number of halogens is 1. The van der Waals surface area contributed by atoms with Crippen LogP contribution in [0.25, 0.3) is 0 Å². The maximum atomic E-state index is 5.52. The molecule has 0 fully saturated rings. The number of hydrogen-bond acceptors (Lipinski definition) is 4. The van der Waals surface area contributed by atoms with Crippen LogP contribution in [-0.2, 0) is 6.54 Å². The molecule has 0 N–H and O–H groups in total. The summed E-state index contributed by atoms with van der Waals surface area (Å²) in [5.74, 6) is 1.59. The van der Waals surface area contributed by atoms with Gasteiger partial charge in [0.1, 0.15) is 16.1 Å². The summed E-state index contributed by atoms with van der Waals surface area (Å²) in [5.41, 5.74) is 1.13. The molecule has 0 bridgehead atoms. The lowest BCUT2D eigenvalue weighted by atomic mass is 10.2. The first kappa shape index (κ1) is 17.7. The van der Waals surface area contributed by atoms with Gasteiger partial charge in [-0.05, 0) is 17.7 Å². The SMILES string of the molecule is C[Si](C)(C)c1nnn(Cc2cc3c(cc2Br)OCO3)c1[Si](C)(C)C. The normalized spacial score (nSPS) is 14.3. The van der Waals surface area contributed by atoms with Gasteiger partial charge in [0.25, 0.3) is 0 Å². The monoisotopic (exact) mass is 425 g/mol. The first-order valence-corrected chi connectivity index (χ1v) is 15.9. The first-order chi connectivity index (χ1) is 11.1. The standard InChI is InChI=1S/C16H24BrN3O2Si2/c1-23(2,3)15-16(24(4,5)6)20(19-18-15)9-11-7-13-14(8-12(11)17)22-10-21-13/h7-8H,9-10H2,1-6H3. The molecule has 8 heteroatoms. The molecule has 5 nitrogen and oxygen atoms in total. The molecule has 0 saturated carbocycles. The van der Waals surface area contributed by atoms with Crippen LogP contribution in [-0.4, -0.2) is 37.9 Å². The fourth-order valence-electron chi connectivity index (χ4n) is 2.91. The second-order valence-corrected chi connectivity index (χ2v) is 19.0. The van der Waals surface area contributed by atoms with Gasteiger partial charge in [-0.1, -0.05) is 60.4 Å². The van der Waals surface area contributed by atoms with Gasteiger partial charge < -0.3 is 9.47 Å². The molecule has 1 aromatic carbocycles. The lowest BCUT2D eigenvalue weighted by Gasteiger charge is -2.24. The molecule has 0 aliphatic carbocycles. The van der Waals surface area contributed by atoms with Crippen LogP contribution in [0.1, 0.15) is 5.56 Å². The number of fused-ring (bicyclic) bond motifs is 1. The molecular weight excluding hydrogens is 402 g/mol. The highest BCUT2D eigenvalue weighted by atomic mass is 79.9. The number of nitrogens with zero attached hydrogens (tertiary/aromatic N) is 3. The van der Waals surface area contributed by atoms with E-state index in [0.29, 0.717) is 6.54 Å². The molecule has 0 saturated heterocycles. The Morgan fingerprint density at radius 2 is 1.67 bits per heavy atom. The van der Waals surface area contributed by atoms with Crippen LogP contribution in [0.3, 0.4) is 0 Å². The van der Waals surface area contributed by atoms with Crippen molar-refractivity contribution >= 4 is 42.7 Å². The van der Waals surface area contributed by atoms with Gasteiger partial charge in [0.05, 0.1) is 11.9 Å². The van der Waals surface area contributed by atoms with Crippen LogP contribution in [0, 0.1) is 0 Å². The van der Waals surface area contributed by atoms with E-state index in [9.17, 15) is 0 Å². The van der Waals surface area contributed by atoms with E-state index >= 15 is 0 Å². The Labute approximate surface area is 153 Å². The molecule has 0 atom stereocenters. The van der Waals surface area contributed by atoms with Crippen molar-refractivity contribution in [1.29, 1.82) is 0 Å². The van der Waals surface area contributed by atoms with Gasteiger partial charge in [-0.25, -0.2) is 4.68 Å². The predicted octanol–water partition coefficient (Wildman–Crippen LogP) is 2.91. The third-order valence-corrected chi connectivity index (χ3v) is 8.68. The molecule has 0 unspecified atom stereocenters. The van der Waals surface area contributed by atoms with Gasteiger partial charge in [0.15, 0.2) is 11.5 Å². The van der Waals surface area contributed by atoms with Gasteiger partial charge >= 0.3 is 0 Å². The summed E-state index contributed by atoms with van der Waals surface area (Å²) in [6, 6.07) is 4.01. The second kappa shape index (κ2) is 5.99. The molecular formula is C16H24BrN3O2Si2. The van der Waals surface area contributed by atoms with Crippen molar-refractivity contribution in [1.82, 2.24) is 15.0 Å². The maximum absolute atomic E-state index is 5.52. The zero-order valence-corrected chi connectivity index (χ0v) is 18.7. The third kappa shape index (κ3) is 3.31. The smallest absolute Gasteiger partial charge is 0.231 e. The van der Waals surface area contributed by atoms with Gasteiger partial charge in [-0.15, -0.1) is 5.10 Å². The average molecular weight is 426 g/mol. The minimum atomic E-state index is -1.57. The quantitative estimate of drug-likeness (QED) is 0.706. The summed E-state index contributed by atoms with van der Waals surface area (Å²) >= 11 is 3.65. The van der Waals surface area contributed by atoms with Crippen LogP contribution in [0.15, 0.2) is 16.6 Å². The summed E-state index contributed by atoms with van der Waals surface area (Å²) in [7, 11) is -3.10. The van der Waals surface area contributed by atoms with Crippen LogP contribution in [0.5, 0.6) is 11.5 Å². The van der Waals surface area contributed by atoms with Crippen LogP contribution >= 0.6 is 15.9 Å². The average Bonchev–Trinajstić information content (AvgIpc) is 3.04. The highest BCUT2D eigenvalue weighted by molar-refractivity contribution is 9.10. The highest BCUT2D eigenvalue weighted by Gasteiger charge is 2.33. The van der Waals surface area contributed by atoms with E-state index in [1.54, 1.807) is 0 Å². The summed E-state index contributed by atoms with van der Waals surface area (Å²) in [6.07, 6.45) is 0. The van der Waals surface area contributed by atoms with Crippen molar-refractivity contribution in [2.75, 3.05) is 6.79 Å². The molecule has 0 amide bonds. The van der Waals surface area contributed by atoms with E-state index in [-0.39, 0.29) is 6.79 Å². The number of benzene rings is 1. The summed E-state index contributed by atoms with van der Waals surface area (Å²) < 4.78 is 14.1. The van der Waals surface area contributed by atoms with E-state index in [1.807, 2.05) is 12.1 Å². The molecule has 0 radical (unpaired) electrons. The number of hydrogen-bond donors (Lipinski definition) is 0.